The number of hydrogen-bond acceptors (Lipinski definition) is 3. The van der Waals surface area contributed by atoms with E-state index in [-0.39, 0.29) is 11.3 Å². The minimum atomic E-state index is -0.261. The van der Waals surface area contributed by atoms with Gasteiger partial charge in [0.15, 0.2) is 0 Å². The molecule has 0 heterocycles. The molecule has 0 bridgehead atoms. The van der Waals surface area contributed by atoms with Crippen LogP contribution in [-0.4, -0.2) is 24.1 Å². The minimum Gasteiger partial charge on any atom is -0.409 e. The molecule has 0 rings (SSSR count). The number of oxime groups is 1. The van der Waals surface area contributed by atoms with Crippen LogP contribution in [0.15, 0.2) is 17.8 Å². The Morgan fingerprint density at radius 2 is 2.31 bits per heavy atom. The Hall–Kier alpha value is -1.03. The summed E-state index contributed by atoms with van der Waals surface area (Å²) < 4.78 is 0. The molecule has 0 saturated carbocycles. The van der Waals surface area contributed by atoms with Gasteiger partial charge in [-0.3, -0.25) is 0 Å². The van der Waals surface area contributed by atoms with Crippen LogP contribution in [0.25, 0.3) is 0 Å². The molecule has 0 saturated heterocycles. The number of nitrogens with one attached hydrogen (secondary N) is 1. The van der Waals surface area contributed by atoms with Gasteiger partial charge in [-0.2, -0.15) is 0 Å². The van der Waals surface area contributed by atoms with Crippen LogP contribution in [0, 0.1) is 5.41 Å². The molecule has 0 radical (unpaired) electrons. The number of rotatable bonds is 6. The average Bonchev–Trinajstić information content (AvgIpc) is 2.11. The SMILES string of the molecule is C=CCNCCC(C)(C)C(N)=NO. The Bertz CT molecular complexity index is 187. The van der Waals surface area contributed by atoms with Crippen molar-refractivity contribution in [3.8, 4) is 0 Å². The Balaban J connectivity index is 3.82. The van der Waals surface area contributed by atoms with Gasteiger partial charge in [0, 0.05) is 12.0 Å². The van der Waals surface area contributed by atoms with Gasteiger partial charge >= 0.3 is 0 Å². The van der Waals surface area contributed by atoms with Gasteiger partial charge in [-0.05, 0) is 13.0 Å². The molecule has 4 heteroatoms. The molecule has 0 aliphatic carbocycles. The second-order valence-corrected chi connectivity index (χ2v) is 3.61. The molecule has 0 fully saturated rings. The van der Waals surface area contributed by atoms with Gasteiger partial charge in [-0.25, -0.2) is 0 Å². The molecule has 0 aromatic rings. The van der Waals surface area contributed by atoms with Crippen LogP contribution in [0.2, 0.25) is 0 Å². The fourth-order valence-electron chi connectivity index (χ4n) is 0.868. The second-order valence-electron chi connectivity index (χ2n) is 3.61. The minimum absolute atomic E-state index is 0.261. The third-order valence-corrected chi connectivity index (χ3v) is 2.02. The van der Waals surface area contributed by atoms with E-state index in [0.29, 0.717) is 0 Å². The van der Waals surface area contributed by atoms with E-state index in [1.54, 1.807) is 6.08 Å². The maximum atomic E-state index is 8.50. The fourth-order valence-corrected chi connectivity index (χ4v) is 0.868. The Kier molecular flexibility index (Phi) is 5.14. The summed E-state index contributed by atoms with van der Waals surface area (Å²) in [5, 5.41) is 14.7. The standard InChI is InChI=1S/C9H19N3O/c1-4-6-11-7-5-9(2,3)8(10)12-13/h4,11,13H,1,5-7H2,2-3H3,(H2,10,12). The van der Waals surface area contributed by atoms with Crippen molar-refractivity contribution in [3.05, 3.63) is 12.7 Å². The first-order valence-electron chi connectivity index (χ1n) is 4.34. The maximum Gasteiger partial charge on any atom is 0.144 e. The van der Waals surface area contributed by atoms with Gasteiger partial charge in [0.05, 0.1) is 0 Å². The van der Waals surface area contributed by atoms with Gasteiger partial charge in [0.2, 0.25) is 0 Å². The topological polar surface area (TPSA) is 70.6 Å². The predicted octanol–water partition coefficient (Wildman–Crippen LogP) is 0.925. The smallest absolute Gasteiger partial charge is 0.144 e. The van der Waals surface area contributed by atoms with Crippen molar-refractivity contribution in [1.29, 1.82) is 0 Å². The van der Waals surface area contributed by atoms with Gasteiger partial charge in [-0.1, -0.05) is 25.1 Å². The molecule has 76 valence electrons. The summed E-state index contributed by atoms with van der Waals surface area (Å²) in [6.45, 7) is 9.09. The number of amidine groups is 1. The molecule has 0 atom stereocenters. The lowest BCUT2D eigenvalue weighted by Crippen LogP contribution is -2.34. The van der Waals surface area contributed by atoms with E-state index in [1.165, 1.54) is 0 Å². The summed E-state index contributed by atoms with van der Waals surface area (Å²) in [5.41, 5.74) is 5.26. The van der Waals surface area contributed by atoms with Crippen LogP contribution in [0.4, 0.5) is 0 Å². The van der Waals surface area contributed by atoms with E-state index < -0.39 is 0 Å². The summed E-state index contributed by atoms with van der Waals surface area (Å²) in [5.74, 6) is 0.271. The molecule has 4 N–H and O–H groups in total. The molecular formula is C9H19N3O. The maximum absolute atomic E-state index is 8.50. The van der Waals surface area contributed by atoms with Crippen molar-refractivity contribution < 1.29 is 5.21 Å². The third kappa shape index (κ3) is 4.52. The van der Waals surface area contributed by atoms with Crippen molar-refractivity contribution in [1.82, 2.24) is 5.32 Å². The Morgan fingerprint density at radius 3 is 2.77 bits per heavy atom. The van der Waals surface area contributed by atoms with Crippen LogP contribution < -0.4 is 11.1 Å². The highest BCUT2D eigenvalue weighted by molar-refractivity contribution is 5.85. The van der Waals surface area contributed by atoms with Crippen molar-refractivity contribution in [2.45, 2.75) is 20.3 Å². The average molecular weight is 185 g/mol. The van der Waals surface area contributed by atoms with Gasteiger partial charge in [-0.15, -0.1) is 6.58 Å². The zero-order chi connectivity index (χ0) is 10.3. The van der Waals surface area contributed by atoms with Crippen LogP contribution in [-0.2, 0) is 0 Å². The molecule has 0 aromatic carbocycles. The fraction of sp³-hybridized carbons (Fsp3) is 0.667. The van der Waals surface area contributed by atoms with E-state index in [2.05, 4.69) is 17.1 Å². The summed E-state index contributed by atoms with van der Waals surface area (Å²) in [6, 6.07) is 0. The third-order valence-electron chi connectivity index (χ3n) is 2.02. The number of nitrogens with zero attached hydrogens (tertiary/aromatic N) is 1. The molecule has 0 spiro atoms. The van der Waals surface area contributed by atoms with Crippen molar-refractivity contribution in [3.63, 3.8) is 0 Å². The quantitative estimate of drug-likeness (QED) is 0.144. The largest absolute Gasteiger partial charge is 0.409 e. The lowest BCUT2D eigenvalue weighted by Gasteiger charge is -2.22. The molecule has 0 aromatic heterocycles. The highest BCUT2D eigenvalue weighted by Crippen LogP contribution is 2.19. The van der Waals surface area contributed by atoms with Crippen LogP contribution in [0.3, 0.4) is 0 Å². The molecule has 0 aliphatic heterocycles. The highest BCUT2D eigenvalue weighted by Gasteiger charge is 2.22. The first-order chi connectivity index (χ1) is 6.04. The van der Waals surface area contributed by atoms with Crippen molar-refractivity contribution in [2.75, 3.05) is 13.1 Å². The lowest BCUT2D eigenvalue weighted by atomic mass is 9.88. The van der Waals surface area contributed by atoms with Gasteiger partial charge in [0.25, 0.3) is 0 Å². The normalized spacial score (nSPS) is 12.9. The van der Waals surface area contributed by atoms with Crippen LogP contribution in [0.1, 0.15) is 20.3 Å². The number of nitrogens with two attached hydrogens (primary N) is 1. The first kappa shape index (κ1) is 12.0. The van der Waals surface area contributed by atoms with E-state index in [4.69, 9.17) is 10.9 Å². The van der Waals surface area contributed by atoms with Gasteiger partial charge < -0.3 is 16.3 Å². The monoisotopic (exact) mass is 185 g/mol. The van der Waals surface area contributed by atoms with Crippen molar-refractivity contribution in [2.24, 2.45) is 16.3 Å². The molecular weight excluding hydrogens is 166 g/mol. The first-order valence-corrected chi connectivity index (χ1v) is 4.34. The molecule has 13 heavy (non-hydrogen) atoms. The second kappa shape index (κ2) is 5.59. The summed E-state index contributed by atoms with van der Waals surface area (Å²) in [7, 11) is 0. The zero-order valence-electron chi connectivity index (χ0n) is 8.38. The highest BCUT2D eigenvalue weighted by atomic mass is 16.4. The van der Waals surface area contributed by atoms with E-state index in [1.807, 2.05) is 13.8 Å². The Morgan fingerprint density at radius 1 is 1.69 bits per heavy atom. The Labute approximate surface area is 79.5 Å². The molecule has 0 aliphatic rings. The van der Waals surface area contributed by atoms with E-state index in [9.17, 15) is 0 Å². The van der Waals surface area contributed by atoms with Gasteiger partial charge in [0.1, 0.15) is 5.84 Å². The van der Waals surface area contributed by atoms with Crippen molar-refractivity contribution >= 4 is 5.84 Å². The van der Waals surface area contributed by atoms with E-state index in [0.717, 1.165) is 19.5 Å². The lowest BCUT2D eigenvalue weighted by molar-refractivity contribution is 0.305. The number of hydrogen-bond donors (Lipinski definition) is 3. The van der Waals surface area contributed by atoms with Crippen LogP contribution >= 0.6 is 0 Å². The zero-order valence-corrected chi connectivity index (χ0v) is 8.38. The molecule has 0 unspecified atom stereocenters. The summed E-state index contributed by atoms with van der Waals surface area (Å²) in [4.78, 5) is 0. The summed E-state index contributed by atoms with van der Waals surface area (Å²) in [6.07, 6.45) is 2.63. The summed E-state index contributed by atoms with van der Waals surface area (Å²) >= 11 is 0. The van der Waals surface area contributed by atoms with Crippen LogP contribution in [0.5, 0.6) is 0 Å². The van der Waals surface area contributed by atoms with E-state index >= 15 is 0 Å². The molecule has 4 nitrogen and oxygen atoms in total. The molecule has 0 amide bonds. The predicted molar refractivity (Wildman–Crippen MR) is 54.9 cm³/mol.